The molecule has 0 fully saturated rings. The normalized spacial score (nSPS) is 12.3. The second kappa shape index (κ2) is 8.15. The number of pyridine rings is 1. The third kappa shape index (κ3) is 3.48. The average Bonchev–Trinajstić information content (AvgIpc) is 3.06. The van der Waals surface area contributed by atoms with E-state index in [0.29, 0.717) is 30.1 Å². The van der Waals surface area contributed by atoms with Gasteiger partial charge in [-0.2, -0.15) is 0 Å². The predicted octanol–water partition coefficient (Wildman–Crippen LogP) is 3.64. The minimum absolute atomic E-state index is 0.0223. The quantitative estimate of drug-likeness (QED) is 0.629. The maximum Gasteiger partial charge on any atom is 0.182 e. The number of benzene rings is 1. The Balaban J connectivity index is 1.98. The van der Waals surface area contributed by atoms with Crippen molar-refractivity contribution in [3.8, 4) is 5.75 Å². The number of nitrogens with zero attached hydrogens (tertiary/aromatic N) is 2. The minimum atomic E-state index is -0.228. The molecule has 3 rings (SSSR count). The van der Waals surface area contributed by atoms with Gasteiger partial charge in [-0.1, -0.05) is 37.3 Å². The summed E-state index contributed by atoms with van der Waals surface area (Å²) in [6.45, 7) is 4.38. The van der Waals surface area contributed by atoms with Crippen molar-refractivity contribution in [3.63, 3.8) is 0 Å². The summed E-state index contributed by atoms with van der Waals surface area (Å²) in [4.78, 5) is 17.7. The number of carbonyl (C=O) groups is 1. The Hall–Kier alpha value is -2.66. The molecule has 1 aromatic carbocycles. The van der Waals surface area contributed by atoms with Crippen LogP contribution in [0.15, 0.2) is 48.7 Å². The maximum atomic E-state index is 13.1. The van der Waals surface area contributed by atoms with Crippen molar-refractivity contribution in [2.45, 2.75) is 32.6 Å². The summed E-state index contributed by atoms with van der Waals surface area (Å²) < 4.78 is 7.46. The molecule has 0 radical (unpaired) electrons. The van der Waals surface area contributed by atoms with Gasteiger partial charge in [-0.3, -0.25) is 9.20 Å². The number of carbonyl (C=O) groups excluding carboxylic acids is 1. The van der Waals surface area contributed by atoms with E-state index in [-0.39, 0.29) is 24.7 Å². The van der Waals surface area contributed by atoms with Crippen molar-refractivity contribution >= 4 is 11.4 Å². The van der Waals surface area contributed by atoms with Crippen molar-refractivity contribution in [3.05, 3.63) is 65.6 Å². The van der Waals surface area contributed by atoms with Crippen LogP contribution in [0.25, 0.3) is 5.65 Å². The molecule has 0 aliphatic rings. The molecule has 0 spiro atoms. The first-order valence-corrected chi connectivity index (χ1v) is 9.01. The van der Waals surface area contributed by atoms with E-state index in [2.05, 4.69) is 4.98 Å². The van der Waals surface area contributed by atoms with Gasteiger partial charge in [-0.25, -0.2) is 4.98 Å². The standard InChI is InChI=1S/C21H24N2O3/c1-3-17-20(23-12-8-11-19(26-4-2)21(23)22-17)18(25)13-16(14-24)15-9-6-5-7-10-15/h5-12,16,24H,3-4,13-14H2,1-2H3/t16-/m0/s1. The van der Waals surface area contributed by atoms with Gasteiger partial charge in [0.15, 0.2) is 17.2 Å². The van der Waals surface area contributed by atoms with Gasteiger partial charge in [0.05, 0.1) is 18.9 Å². The van der Waals surface area contributed by atoms with E-state index in [4.69, 9.17) is 4.74 Å². The Morgan fingerprint density at radius 3 is 2.62 bits per heavy atom. The molecule has 0 unspecified atom stereocenters. The Labute approximate surface area is 153 Å². The molecule has 3 aromatic rings. The van der Waals surface area contributed by atoms with Crippen LogP contribution < -0.4 is 4.74 Å². The molecule has 0 amide bonds. The Morgan fingerprint density at radius 2 is 1.96 bits per heavy atom. The molecule has 0 aliphatic heterocycles. The van der Waals surface area contributed by atoms with E-state index in [1.165, 1.54) is 0 Å². The van der Waals surface area contributed by atoms with E-state index in [9.17, 15) is 9.90 Å². The number of aryl methyl sites for hydroxylation is 1. The van der Waals surface area contributed by atoms with Crippen molar-refractivity contribution in [2.75, 3.05) is 13.2 Å². The van der Waals surface area contributed by atoms with E-state index in [0.717, 1.165) is 11.3 Å². The predicted molar refractivity (Wildman–Crippen MR) is 101 cm³/mol. The van der Waals surface area contributed by atoms with E-state index < -0.39 is 0 Å². The maximum absolute atomic E-state index is 13.1. The molecule has 0 bridgehead atoms. The Morgan fingerprint density at radius 1 is 1.19 bits per heavy atom. The number of aromatic nitrogens is 2. The monoisotopic (exact) mass is 352 g/mol. The van der Waals surface area contributed by atoms with Crippen molar-refractivity contribution < 1.29 is 14.6 Å². The number of aliphatic hydroxyl groups is 1. The van der Waals surface area contributed by atoms with Crippen LogP contribution in [0.3, 0.4) is 0 Å². The van der Waals surface area contributed by atoms with Crippen molar-refractivity contribution in [2.24, 2.45) is 0 Å². The zero-order chi connectivity index (χ0) is 18.5. The lowest BCUT2D eigenvalue weighted by Crippen LogP contribution is -2.14. The summed E-state index contributed by atoms with van der Waals surface area (Å²) in [7, 11) is 0. The molecular formula is C21H24N2O3. The fourth-order valence-corrected chi connectivity index (χ4v) is 3.23. The van der Waals surface area contributed by atoms with Gasteiger partial charge in [0.25, 0.3) is 0 Å². The van der Waals surface area contributed by atoms with Crippen LogP contribution in [0.4, 0.5) is 0 Å². The topological polar surface area (TPSA) is 63.8 Å². The number of fused-ring (bicyclic) bond motifs is 1. The lowest BCUT2D eigenvalue weighted by Gasteiger charge is -2.14. The number of aliphatic hydroxyl groups excluding tert-OH is 1. The van der Waals surface area contributed by atoms with Crippen LogP contribution in [0.2, 0.25) is 0 Å². The number of rotatable bonds is 8. The first-order chi connectivity index (χ1) is 12.7. The van der Waals surface area contributed by atoms with E-state index >= 15 is 0 Å². The highest BCUT2D eigenvalue weighted by Gasteiger charge is 2.23. The van der Waals surface area contributed by atoms with Gasteiger partial charge in [-0.15, -0.1) is 0 Å². The summed E-state index contributed by atoms with van der Waals surface area (Å²) in [6, 6.07) is 13.4. The smallest absolute Gasteiger partial charge is 0.182 e. The average molecular weight is 352 g/mol. The second-order valence-electron chi connectivity index (χ2n) is 6.18. The van der Waals surface area contributed by atoms with Crippen LogP contribution in [-0.2, 0) is 6.42 Å². The molecular weight excluding hydrogens is 328 g/mol. The van der Waals surface area contributed by atoms with E-state index in [1.54, 1.807) is 0 Å². The van der Waals surface area contributed by atoms with Crippen LogP contribution in [0.5, 0.6) is 5.75 Å². The highest BCUT2D eigenvalue weighted by Crippen LogP contribution is 2.26. The number of ketones is 1. The van der Waals surface area contributed by atoms with Gasteiger partial charge in [-0.05, 0) is 31.0 Å². The molecule has 5 heteroatoms. The zero-order valence-corrected chi connectivity index (χ0v) is 15.2. The molecule has 1 atom stereocenters. The van der Waals surface area contributed by atoms with Gasteiger partial charge < -0.3 is 9.84 Å². The van der Waals surface area contributed by atoms with Crippen LogP contribution >= 0.6 is 0 Å². The van der Waals surface area contributed by atoms with Gasteiger partial charge in [0.2, 0.25) is 0 Å². The van der Waals surface area contributed by atoms with Gasteiger partial charge in [0, 0.05) is 18.5 Å². The van der Waals surface area contributed by atoms with Crippen molar-refractivity contribution in [1.29, 1.82) is 0 Å². The van der Waals surface area contributed by atoms with Gasteiger partial charge in [0.1, 0.15) is 5.69 Å². The Bertz CT molecular complexity index is 887. The highest BCUT2D eigenvalue weighted by molar-refractivity contribution is 5.97. The molecule has 0 aliphatic carbocycles. The number of Topliss-reactive ketones (excluding diaryl/α,β-unsaturated/α-hetero) is 1. The first-order valence-electron chi connectivity index (χ1n) is 9.01. The second-order valence-corrected chi connectivity index (χ2v) is 6.18. The number of hydrogen-bond acceptors (Lipinski definition) is 4. The molecule has 5 nitrogen and oxygen atoms in total. The molecule has 136 valence electrons. The lowest BCUT2D eigenvalue weighted by molar-refractivity contribution is 0.0953. The molecule has 26 heavy (non-hydrogen) atoms. The third-order valence-corrected chi connectivity index (χ3v) is 4.51. The summed E-state index contributed by atoms with van der Waals surface area (Å²) in [5.74, 6) is 0.422. The number of ether oxygens (including phenoxy) is 1. The number of hydrogen-bond donors (Lipinski definition) is 1. The molecule has 2 heterocycles. The van der Waals surface area contributed by atoms with Crippen LogP contribution in [-0.4, -0.2) is 33.5 Å². The summed E-state index contributed by atoms with van der Waals surface area (Å²) in [6.07, 6.45) is 2.73. The van der Waals surface area contributed by atoms with Crippen molar-refractivity contribution in [1.82, 2.24) is 9.38 Å². The number of imidazole rings is 1. The molecule has 0 saturated carbocycles. The molecule has 1 N–H and O–H groups in total. The summed E-state index contributed by atoms with van der Waals surface area (Å²) >= 11 is 0. The fourth-order valence-electron chi connectivity index (χ4n) is 3.23. The fraction of sp³-hybridized carbons (Fsp3) is 0.333. The SMILES string of the molecule is CCOc1cccn2c(C(=O)C[C@@H](CO)c3ccccc3)c(CC)nc12. The largest absolute Gasteiger partial charge is 0.490 e. The molecule has 2 aromatic heterocycles. The van der Waals surface area contributed by atoms with E-state index in [1.807, 2.05) is 66.9 Å². The summed E-state index contributed by atoms with van der Waals surface area (Å²) in [5.41, 5.74) is 2.96. The summed E-state index contributed by atoms with van der Waals surface area (Å²) in [5, 5.41) is 9.79. The zero-order valence-electron chi connectivity index (χ0n) is 15.2. The Kier molecular flexibility index (Phi) is 5.68. The minimum Gasteiger partial charge on any atom is -0.490 e. The highest BCUT2D eigenvalue weighted by atomic mass is 16.5. The van der Waals surface area contributed by atoms with Crippen LogP contribution in [0, 0.1) is 0 Å². The third-order valence-electron chi connectivity index (χ3n) is 4.51. The van der Waals surface area contributed by atoms with Gasteiger partial charge >= 0.3 is 0 Å². The van der Waals surface area contributed by atoms with Crippen LogP contribution in [0.1, 0.15) is 47.9 Å². The lowest BCUT2D eigenvalue weighted by atomic mass is 9.93. The first kappa shape index (κ1) is 18.1. The molecule has 0 saturated heterocycles.